The molecule has 2 aromatic rings. The highest BCUT2D eigenvalue weighted by atomic mass is 32.1. The van der Waals surface area contributed by atoms with E-state index >= 15 is 0 Å². The molecule has 0 unspecified atom stereocenters. The molecule has 13 heavy (non-hydrogen) atoms. The van der Waals surface area contributed by atoms with Gasteiger partial charge in [0.05, 0.1) is 5.39 Å². The van der Waals surface area contributed by atoms with E-state index in [1.807, 2.05) is 13.8 Å². The van der Waals surface area contributed by atoms with Crippen LogP contribution in [0.25, 0.3) is 10.2 Å². The maximum absolute atomic E-state index is 11.6. The number of nitrogens with zero attached hydrogens (tertiary/aromatic N) is 2. The molecule has 0 aliphatic carbocycles. The van der Waals surface area contributed by atoms with Crippen LogP contribution in [-0.2, 0) is 0 Å². The van der Waals surface area contributed by atoms with E-state index in [1.54, 1.807) is 0 Å². The fourth-order valence-electron chi connectivity index (χ4n) is 1.25. The SMILES string of the molecule is Cc1sc2ncn(N)c(=O)c2c1C. The van der Waals surface area contributed by atoms with Crippen LogP contribution in [0, 0.1) is 13.8 Å². The Morgan fingerprint density at radius 3 is 2.92 bits per heavy atom. The summed E-state index contributed by atoms with van der Waals surface area (Å²) < 4.78 is 1.02. The first-order valence-electron chi connectivity index (χ1n) is 3.83. The zero-order valence-corrected chi connectivity index (χ0v) is 8.18. The summed E-state index contributed by atoms with van der Waals surface area (Å²) in [6, 6.07) is 0. The van der Waals surface area contributed by atoms with Crippen LogP contribution in [0.3, 0.4) is 0 Å². The molecule has 0 saturated heterocycles. The molecule has 2 rings (SSSR count). The van der Waals surface area contributed by atoms with Crippen molar-refractivity contribution in [2.45, 2.75) is 13.8 Å². The number of nitrogens with two attached hydrogens (primary N) is 1. The molecule has 0 aliphatic heterocycles. The third-order valence-corrected chi connectivity index (χ3v) is 3.23. The summed E-state index contributed by atoms with van der Waals surface area (Å²) in [6.45, 7) is 3.89. The lowest BCUT2D eigenvalue weighted by atomic mass is 10.2. The van der Waals surface area contributed by atoms with Crippen molar-refractivity contribution in [3.8, 4) is 0 Å². The number of hydrogen-bond acceptors (Lipinski definition) is 4. The lowest BCUT2D eigenvalue weighted by Crippen LogP contribution is -2.26. The normalized spacial score (nSPS) is 10.9. The summed E-state index contributed by atoms with van der Waals surface area (Å²) in [5.74, 6) is 5.41. The molecule has 2 N–H and O–H groups in total. The predicted octanol–water partition coefficient (Wildman–Crippen LogP) is 0.789. The minimum absolute atomic E-state index is 0.174. The van der Waals surface area contributed by atoms with Crippen molar-refractivity contribution in [2.24, 2.45) is 0 Å². The van der Waals surface area contributed by atoms with E-state index in [0.717, 1.165) is 19.9 Å². The second-order valence-corrected chi connectivity index (χ2v) is 4.12. The number of fused-ring (bicyclic) bond motifs is 1. The Balaban J connectivity index is 3.06. The molecule has 0 radical (unpaired) electrons. The molecule has 4 nitrogen and oxygen atoms in total. The Morgan fingerprint density at radius 2 is 2.23 bits per heavy atom. The topological polar surface area (TPSA) is 60.9 Å². The summed E-state index contributed by atoms with van der Waals surface area (Å²) in [5, 5.41) is 0.646. The van der Waals surface area contributed by atoms with Crippen molar-refractivity contribution < 1.29 is 0 Å². The van der Waals surface area contributed by atoms with Gasteiger partial charge in [0.25, 0.3) is 5.56 Å². The average Bonchev–Trinajstić information content (AvgIpc) is 2.37. The van der Waals surface area contributed by atoms with Gasteiger partial charge in [-0.1, -0.05) is 0 Å². The van der Waals surface area contributed by atoms with Gasteiger partial charge in [-0.15, -0.1) is 11.3 Å². The quantitative estimate of drug-likeness (QED) is 0.632. The highest BCUT2D eigenvalue weighted by Gasteiger charge is 2.10. The second-order valence-electron chi connectivity index (χ2n) is 2.92. The van der Waals surface area contributed by atoms with Crippen molar-refractivity contribution in [3.63, 3.8) is 0 Å². The van der Waals surface area contributed by atoms with E-state index in [0.29, 0.717) is 5.39 Å². The molecular formula is C8H9N3OS. The first-order chi connectivity index (χ1) is 6.11. The lowest BCUT2D eigenvalue weighted by molar-refractivity contribution is 0.915. The van der Waals surface area contributed by atoms with E-state index in [4.69, 9.17) is 5.84 Å². The molecule has 68 valence electrons. The zero-order chi connectivity index (χ0) is 9.59. The Bertz CT molecular complexity index is 526. The van der Waals surface area contributed by atoms with Crippen LogP contribution in [0.5, 0.6) is 0 Å². The van der Waals surface area contributed by atoms with E-state index < -0.39 is 0 Å². The Labute approximate surface area is 78.6 Å². The smallest absolute Gasteiger partial charge is 0.280 e. The van der Waals surface area contributed by atoms with Gasteiger partial charge in [-0.2, -0.15) is 0 Å². The number of rotatable bonds is 0. The van der Waals surface area contributed by atoms with E-state index in [9.17, 15) is 4.79 Å². The van der Waals surface area contributed by atoms with Crippen LogP contribution in [0.1, 0.15) is 10.4 Å². The molecule has 2 heterocycles. The summed E-state index contributed by atoms with van der Waals surface area (Å²) in [7, 11) is 0. The van der Waals surface area contributed by atoms with Gasteiger partial charge in [0, 0.05) is 4.88 Å². The second kappa shape index (κ2) is 2.56. The van der Waals surface area contributed by atoms with Crippen molar-refractivity contribution in [1.29, 1.82) is 0 Å². The molecule has 0 atom stereocenters. The Hall–Kier alpha value is -1.36. The van der Waals surface area contributed by atoms with Crippen LogP contribution in [0.15, 0.2) is 11.1 Å². The fraction of sp³-hybridized carbons (Fsp3) is 0.250. The first-order valence-corrected chi connectivity index (χ1v) is 4.65. The highest BCUT2D eigenvalue weighted by molar-refractivity contribution is 7.18. The lowest BCUT2D eigenvalue weighted by Gasteiger charge is -1.95. The number of hydrogen-bond donors (Lipinski definition) is 1. The van der Waals surface area contributed by atoms with Crippen molar-refractivity contribution in [3.05, 3.63) is 27.1 Å². The third-order valence-electron chi connectivity index (χ3n) is 2.11. The van der Waals surface area contributed by atoms with Crippen LogP contribution in [0.2, 0.25) is 0 Å². The molecular weight excluding hydrogens is 186 g/mol. The number of thiophene rings is 1. The predicted molar refractivity (Wildman–Crippen MR) is 53.5 cm³/mol. The van der Waals surface area contributed by atoms with Crippen molar-refractivity contribution in [1.82, 2.24) is 9.66 Å². The molecule has 0 saturated carbocycles. The van der Waals surface area contributed by atoms with E-state index in [1.165, 1.54) is 17.7 Å². The fourth-order valence-corrected chi connectivity index (χ4v) is 2.24. The van der Waals surface area contributed by atoms with Crippen LogP contribution in [-0.4, -0.2) is 9.66 Å². The van der Waals surface area contributed by atoms with Crippen LogP contribution < -0.4 is 11.4 Å². The van der Waals surface area contributed by atoms with Gasteiger partial charge in [0.1, 0.15) is 11.2 Å². The van der Waals surface area contributed by atoms with Crippen molar-refractivity contribution >= 4 is 21.6 Å². The van der Waals surface area contributed by atoms with E-state index in [-0.39, 0.29) is 5.56 Å². The molecule has 0 spiro atoms. The summed E-state index contributed by atoms with van der Waals surface area (Å²) in [6.07, 6.45) is 1.35. The Morgan fingerprint density at radius 1 is 1.54 bits per heavy atom. The standard InChI is InChI=1S/C8H9N3OS/c1-4-5(2)13-7-6(4)8(12)11(9)3-10-7/h3H,9H2,1-2H3. The molecule has 0 amide bonds. The molecule has 0 aromatic carbocycles. The zero-order valence-electron chi connectivity index (χ0n) is 7.37. The maximum atomic E-state index is 11.6. The summed E-state index contributed by atoms with van der Waals surface area (Å²) >= 11 is 1.52. The van der Waals surface area contributed by atoms with Crippen LogP contribution in [0.4, 0.5) is 0 Å². The van der Waals surface area contributed by atoms with Gasteiger partial charge in [0.2, 0.25) is 0 Å². The number of aryl methyl sites for hydroxylation is 2. The molecule has 5 heteroatoms. The van der Waals surface area contributed by atoms with Crippen LogP contribution >= 0.6 is 11.3 Å². The number of nitrogen functional groups attached to an aromatic ring is 1. The minimum atomic E-state index is -0.174. The molecule has 0 fully saturated rings. The molecule has 0 aliphatic rings. The van der Waals surface area contributed by atoms with Crippen molar-refractivity contribution in [2.75, 3.05) is 5.84 Å². The van der Waals surface area contributed by atoms with Gasteiger partial charge in [0.15, 0.2) is 0 Å². The monoisotopic (exact) mass is 195 g/mol. The van der Waals surface area contributed by atoms with Gasteiger partial charge < -0.3 is 5.84 Å². The van der Waals surface area contributed by atoms with Gasteiger partial charge in [-0.25, -0.2) is 9.66 Å². The van der Waals surface area contributed by atoms with E-state index in [2.05, 4.69) is 4.98 Å². The van der Waals surface area contributed by atoms with Gasteiger partial charge >= 0.3 is 0 Å². The molecule has 2 aromatic heterocycles. The third kappa shape index (κ3) is 1.04. The van der Waals surface area contributed by atoms with Gasteiger partial charge in [-0.05, 0) is 19.4 Å². The highest BCUT2D eigenvalue weighted by Crippen LogP contribution is 2.24. The minimum Gasteiger partial charge on any atom is -0.335 e. The number of aromatic nitrogens is 2. The molecule has 0 bridgehead atoms. The summed E-state index contributed by atoms with van der Waals surface area (Å²) in [4.78, 5) is 17.5. The largest absolute Gasteiger partial charge is 0.335 e. The first kappa shape index (κ1) is 8.25. The van der Waals surface area contributed by atoms with Gasteiger partial charge in [-0.3, -0.25) is 4.79 Å². The maximum Gasteiger partial charge on any atom is 0.280 e. The average molecular weight is 195 g/mol. The Kier molecular flexibility index (Phi) is 1.63. The summed E-state index contributed by atoms with van der Waals surface area (Å²) in [5.41, 5.74) is 0.809.